The number of carbonyl (C=O) groups is 2. The number of morpholine rings is 1. The zero-order valence-electron chi connectivity index (χ0n) is 16.1. The molecule has 2 aliphatic heterocycles. The quantitative estimate of drug-likeness (QED) is 0.843. The Morgan fingerprint density at radius 3 is 2.44 bits per heavy atom. The predicted molar refractivity (Wildman–Crippen MR) is 102 cm³/mol. The number of aromatic hydroxyl groups is 1. The highest BCUT2D eigenvalue weighted by atomic mass is 16.5. The molecule has 0 unspecified atom stereocenters. The first-order chi connectivity index (χ1) is 12.9. The average Bonchev–Trinajstić information content (AvgIpc) is 2.63. The van der Waals surface area contributed by atoms with Gasteiger partial charge in [-0.15, -0.1) is 0 Å². The van der Waals surface area contributed by atoms with Gasteiger partial charge in [-0.25, -0.2) is 4.79 Å². The van der Waals surface area contributed by atoms with Crippen LogP contribution in [0.3, 0.4) is 0 Å². The molecule has 7 heteroatoms. The Kier molecular flexibility index (Phi) is 5.89. The Morgan fingerprint density at radius 1 is 1.15 bits per heavy atom. The van der Waals surface area contributed by atoms with Crippen LogP contribution in [0.4, 0.5) is 4.79 Å². The van der Waals surface area contributed by atoms with Gasteiger partial charge in [0.2, 0.25) is 5.91 Å². The van der Waals surface area contributed by atoms with Crippen LogP contribution in [-0.4, -0.2) is 71.3 Å². The third-order valence-electron chi connectivity index (χ3n) is 5.27. The molecule has 0 saturated carbocycles. The SMILES string of the molecule is CC(C)NC(=O)N1CCC2(CC1)CN(C(=O)Cc1ccc(O)cc1)CCO2. The topological polar surface area (TPSA) is 82.1 Å². The lowest BCUT2D eigenvalue weighted by atomic mass is 9.89. The molecule has 0 aromatic heterocycles. The molecule has 0 radical (unpaired) electrons. The molecule has 3 amide bonds. The fourth-order valence-corrected chi connectivity index (χ4v) is 3.72. The van der Waals surface area contributed by atoms with Gasteiger partial charge in [-0.1, -0.05) is 12.1 Å². The maximum absolute atomic E-state index is 12.7. The Morgan fingerprint density at radius 2 is 1.81 bits per heavy atom. The van der Waals surface area contributed by atoms with E-state index in [-0.39, 0.29) is 29.3 Å². The monoisotopic (exact) mass is 375 g/mol. The van der Waals surface area contributed by atoms with Crippen LogP contribution in [-0.2, 0) is 16.0 Å². The Bertz CT molecular complexity index is 666. The molecular weight excluding hydrogens is 346 g/mol. The van der Waals surface area contributed by atoms with E-state index in [1.54, 1.807) is 24.3 Å². The maximum atomic E-state index is 12.7. The molecule has 1 aromatic carbocycles. The summed E-state index contributed by atoms with van der Waals surface area (Å²) in [5.41, 5.74) is 0.538. The second-order valence-corrected chi connectivity index (χ2v) is 7.78. The first kappa shape index (κ1) is 19.5. The number of rotatable bonds is 3. The number of nitrogens with zero attached hydrogens (tertiary/aromatic N) is 2. The van der Waals surface area contributed by atoms with Gasteiger partial charge in [0.05, 0.1) is 18.6 Å². The number of benzene rings is 1. The van der Waals surface area contributed by atoms with E-state index in [2.05, 4.69) is 5.32 Å². The van der Waals surface area contributed by atoms with Crippen molar-refractivity contribution in [2.45, 2.75) is 44.8 Å². The van der Waals surface area contributed by atoms with E-state index in [0.717, 1.165) is 18.4 Å². The van der Waals surface area contributed by atoms with Gasteiger partial charge >= 0.3 is 6.03 Å². The highest BCUT2D eigenvalue weighted by Crippen LogP contribution is 2.30. The lowest BCUT2D eigenvalue weighted by molar-refractivity contribution is -0.157. The predicted octanol–water partition coefficient (Wildman–Crippen LogP) is 1.75. The number of hydrogen-bond acceptors (Lipinski definition) is 4. The number of hydrogen-bond donors (Lipinski definition) is 2. The van der Waals surface area contributed by atoms with Gasteiger partial charge in [0.25, 0.3) is 0 Å². The Hall–Kier alpha value is -2.28. The van der Waals surface area contributed by atoms with E-state index < -0.39 is 0 Å². The van der Waals surface area contributed by atoms with Gasteiger partial charge in [-0.2, -0.15) is 0 Å². The third-order valence-corrected chi connectivity index (χ3v) is 5.27. The number of ether oxygens (including phenoxy) is 1. The van der Waals surface area contributed by atoms with E-state index in [4.69, 9.17) is 4.74 Å². The van der Waals surface area contributed by atoms with Crippen molar-refractivity contribution in [3.8, 4) is 5.75 Å². The minimum atomic E-state index is -0.350. The first-order valence-corrected chi connectivity index (χ1v) is 9.62. The van der Waals surface area contributed by atoms with Crippen LogP contribution in [0.15, 0.2) is 24.3 Å². The molecule has 2 heterocycles. The summed E-state index contributed by atoms with van der Waals surface area (Å²) >= 11 is 0. The smallest absolute Gasteiger partial charge is 0.317 e. The summed E-state index contributed by atoms with van der Waals surface area (Å²) in [4.78, 5) is 28.6. The molecule has 2 N–H and O–H groups in total. The van der Waals surface area contributed by atoms with Crippen molar-refractivity contribution in [1.29, 1.82) is 0 Å². The van der Waals surface area contributed by atoms with Gasteiger partial charge in [0, 0.05) is 32.2 Å². The van der Waals surface area contributed by atoms with Crippen molar-refractivity contribution in [2.24, 2.45) is 0 Å². The van der Waals surface area contributed by atoms with Crippen LogP contribution in [0.5, 0.6) is 5.75 Å². The molecule has 148 valence electrons. The second-order valence-electron chi connectivity index (χ2n) is 7.78. The zero-order chi connectivity index (χ0) is 19.4. The standard InChI is InChI=1S/C20H29N3O4/c1-15(2)21-19(26)22-9-7-20(8-10-22)14-23(11-12-27-20)18(25)13-16-3-5-17(24)6-4-16/h3-6,15,24H,7-14H2,1-2H3,(H,21,26). The van der Waals surface area contributed by atoms with Gasteiger partial charge < -0.3 is 25.0 Å². The molecule has 2 saturated heterocycles. The number of piperidine rings is 1. The molecule has 2 fully saturated rings. The summed E-state index contributed by atoms with van der Waals surface area (Å²) in [7, 11) is 0. The molecule has 27 heavy (non-hydrogen) atoms. The highest BCUT2D eigenvalue weighted by Gasteiger charge is 2.41. The minimum Gasteiger partial charge on any atom is -0.508 e. The van der Waals surface area contributed by atoms with E-state index >= 15 is 0 Å². The normalized spacial score (nSPS) is 19.4. The van der Waals surface area contributed by atoms with Gasteiger partial charge in [-0.3, -0.25) is 4.79 Å². The summed E-state index contributed by atoms with van der Waals surface area (Å²) in [5.74, 6) is 0.271. The van der Waals surface area contributed by atoms with Gasteiger partial charge in [0.15, 0.2) is 0 Å². The van der Waals surface area contributed by atoms with E-state index in [1.165, 1.54) is 0 Å². The molecule has 0 aliphatic carbocycles. The van der Waals surface area contributed by atoms with Crippen LogP contribution in [0.25, 0.3) is 0 Å². The van der Waals surface area contributed by atoms with E-state index in [9.17, 15) is 14.7 Å². The molecule has 7 nitrogen and oxygen atoms in total. The molecule has 1 spiro atoms. The number of phenols is 1. The summed E-state index contributed by atoms with van der Waals surface area (Å²) in [6.07, 6.45) is 1.79. The number of carbonyl (C=O) groups excluding carboxylic acids is 2. The average molecular weight is 375 g/mol. The van der Waals surface area contributed by atoms with Crippen LogP contribution in [0, 0.1) is 0 Å². The van der Waals surface area contributed by atoms with Crippen molar-refractivity contribution >= 4 is 11.9 Å². The third kappa shape index (κ3) is 4.91. The van der Waals surface area contributed by atoms with Gasteiger partial charge in [0.1, 0.15) is 5.75 Å². The molecular formula is C20H29N3O4. The zero-order valence-corrected chi connectivity index (χ0v) is 16.1. The minimum absolute atomic E-state index is 0.0316. The fraction of sp³-hybridized carbons (Fsp3) is 0.600. The first-order valence-electron chi connectivity index (χ1n) is 9.62. The molecule has 1 aromatic rings. The van der Waals surface area contributed by atoms with Crippen molar-refractivity contribution in [1.82, 2.24) is 15.1 Å². The fourth-order valence-electron chi connectivity index (χ4n) is 3.72. The molecule has 0 bridgehead atoms. The second kappa shape index (κ2) is 8.17. The van der Waals surface area contributed by atoms with Crippen molar-refractivity contribution in [2.75, 3.05) is 32.8 Å². The lowest BCUT2D eigenvalue weighted by Gasteiger charge is -2.47. The summed E-state index contributed by atoms with van der Waals surface area (Å²) in [5, 5.41) is 12.3. The lowest BCUT2D eigenvalue weighted by Crippen LogP contribution is -2.59. The van der Waals surface area contributed by atoms with Crippen LogP contribution >= 0.6 is 0 Å². The van der Waals surface area contributed by atoms with Crippen molar-refractivity contribution in [3.63, 3.8) is 0 Å². The number of likely N-dealkylation sites (tertiary alicyclic amines) is 1. The van der Waals surface area contributed by atoms with Crippen LogP contribution in [0.1, 0.15) is 32.3 Å². The number of amides is 3. The number of phenolic OH excluding ortho intramolecular Hbond substituents is 1. The van der Waals surface area contributed by atoms with Gasteiger partial charge in [-0.05, 0) is 44.4 Å². The summed E-state index contributed by atoms with van der Waals surface area (Å²) in [6.45, 7) is 6.87. The van der Waals surface area contributed by atoms with Crippen molar-refractivity contribution < 1.29 is 19.4 Å². The molecule has 0 atom stereocenters. The van der Waals surface area contributed by atoms with E-state index in [0.29, 0.717) is 39.2 Å². The van der Waals surface area contributed by atoms with Crippen LogP contribution in [0.2, 0.25) is 0 Å². The Labute approximate surface area is 160 Å². The summed E-state index contributed by atoms with van der Waals surface area (Å²) < 4.78 is 6.08. The van der Waals surface area contributed by atoms with Crippen LogP contribution < -0.4 is 5.32 Å². The maximum Gasteiger partial charge on any atom is 0.317 e. The molecule has 2 aliphatic rings. The largest absolute Gasteiger partial charge is 0.508 e. The Balaban J connectivity index is 1.55. The summed E-state index contributed by atoms with van der Waals surface area (Å²) in [6, 6.07) is 6.83. The number of urea groups is 1. The van der Waals surface area contributed by atoms with Crippen molar-refractivity contribution in [3.05, 3.63) is 29.8 Å². The highest BCUT2D eigenvalue weighted by molar-refractivity contribution is 5.79. The molecule has 3 rings (SSSR count). The van der Waals surface area contributed by atoms with E-state index in [1.807, 2.05) is 23.6 Å². The number of nitrogens with one attached hydrogen (secondary N) is 1.